The Morgan fingerprint density at radius 1 is 0.733 bits per heavy atom. The fraction of sp³-hybridized carbons (Fsp3) is 0.714. The van der Waals surface area contributed by atoms with Gasteiger partial charge in [-0.05, 0) is 36.8 Å². The van der Waals surface area contributed by atoms with Crippen LogP contribution in [0.5, 0.6) is 0 Å². The molecule has 0 nitrogen and oxygen atoms in total. The SMILES string of the molecule is CC.Cc1c(C(C)C)sc(C(C)C)c1C. The van der Waals surface area contributed by atoms with Crippen molar-refractivity contribution in [2.24, 2.45) is 0 Å². The molecule has 0 spiro atoms. The van der Waals surface area contributed by atoms with Gasteiger partial charge in [0.1, 0.15) is 0 Å². The van der Waals surface area contributed by atoms with E-state index in [0.717, 1.165) is 0 Å². The molecule has 0 atom stereocenters. The molecule has 1 aromatic heterocycles. The van der Waals surface area contributed by atoms with E-state index in [1.54, 1.807) is 9.75 Å². The molecule has 0 saturated heterocycles. The summed E-state index contributed by atoms with van der Waals surface area (Å²) in [6.45, 7) is 17.6. The molecule has 0 aliphatic heterocycles. The van der Waals surface area contributed by atoms with E-state index >= 15 is 0 Å². The molecule has 1 rings (SSSR count). The molecule has 0 amide bonds. The van der Waals surface area contributed by atoms with E-state index in [9.17, 15) is 0 Å². The highest BCUT2D eigenvalue weighted by Crippen LogP contribution is 2.36. The maximum Gasteiger partial charge on any atom is 0.0106 e. The molecular weight excluding hydrogens is 200 g/mol. The Balaban J connectivity index is 0.000000921. The van der Waals surface area contributed by atoms with Gasteiger partial charge in [0.05, 0.1) is 0 Å². The minimum atomic E-state index is 0.677. The van der Waals surface area contributed by atoms with E-state index < -0.39 is 0 Å². The van der Waals surface area contributed by atoms with Crippen molar-refractivity contribution in [2.45, 2.75) is 67.2 Å². The van der Waals surface area contributed by atoms with Gasteiger partial charge in [0.2, 0.25) is 0 Å². The van der Waals surface area contributed by atoms with E-state index in [4.69, 9.17) is 0 Å². The number of hydrogen-bond acceptors (Lipinski definition) is 1. The third-order valence-electron chi connectivity index (χ3n) is 2.57. The molecule has 0 aromatic carbocycles. The third-order valence-corrected chi connectivity index (χ3v) is 4.57. The molecule has 1 heterocycles. The Kier molecular flexibility index (Phi) is 6.19. The lowest BCUT2D eigenvalue weighted by atomic mass is 10.0. The second-order valence-electron chi connectivity index (χ2n) is 4.39. The van der Waals surface area contributed by atoms with E-state index in [2.05, 4.69) is 41.5 Å². The van der Waals surface area contributed by atoms with Crippen molar-refractivity contribution in [3.8, 4) is 0 Å². The summed E-state index contributed by atoms with van der Waals surface area (Å²) in [5.41, 5.74) is 3.03. The van der Waals surface area contributed by atoms with Crippen molar-refractivity contribution in [3.05, 3.63) is 20.9 Å². The van der Waals surface area contributed by atoms with Gasteiger partial charge in [-0.3, -0.25) is 0 Å². The van der Waals surface area contributed by atoms with Crippen LogP contribution in [-0.4, -0.2) is 0 Å². The summed E-state index contributed by atoms with van der Waals surface area (Å²) in [5.74, 6) is 1.35. The Labute approximate surface area is 99.7 Å². The molecular formula is C14H26S. The van der Waals surface area contributed by atoms with Crippen LogP contribution in [0.15, 0.2) is 0 Å². The van der Waals surface area contributed by atoms with Crippen LogP contribution in [0.1, 0.15) is 74.3 Å². The summed E-state index contributed by atoms with van der Waals surface area (Å²) in [4.78, 5) is 3.14. The summed E-state index contributed by atoms with van der Waals surface area (Å²) in [7, 11) is 0. The van der Waals surface area contributed by atoms with Crippen LogP contribution in [0.25, 0.3) is 0 Å². The van der Waals surface area contributed by atoms with Crippen LogP contribution in [0, 0.1) is 13.8 Å². The second kappa shape index (κ2) is 6.32. The molecule has 0 fully saturated rings. The number of hydrogen-bond donors (Lipinski definition) is 0. The summed E-state index contributed by atoms with van der Waals surface area (Å²) in [6, 6.07) is 0. The van der Waals surface area contributed by atoms with Crippen LogP contribution < -0.4 is 0 Å². The van der Waals surface area contributed by atoms with Crippen molar-refractivity contribution >= 4 is 11.3 Å². The van der Waals surface area contributed by atoms with Gasteiger partial charge in [0.25, 0.3) is 0 Å². The molecule has 0 unspecified atom stereocenters. The van der Waals surface area contributed by atoms with Crippen LogP contribution in [0.3, 0.4) is 0 Å². The summed E-state index contributed by atoms with van der Waals surface area (Å²) < 4.78 is 0. The normalized spacial score (nSPS) is 10.5. The molecule has 0 saturated carbocycles. The van der Waals surface area contributed by atoms with Crippen molar-refractivity contribution in [1.29, 1.82) is 0 Å². The fourth-order valence-electron chi connectivity index (χ4n) is 1.74. The standard InChI is InChI=1S/C12H20S.C2H6/c1-7(2)11-9(5)10(6)12(13-11)8(3)4;1-2/h7-8H,1-6H3;1-2H3. The fourth-order valence-corrected chi connectivity index (χ4v) is 3.06. The summed E-state index contributed by atoms with van der Waals surface area (Å²) in [6.07, 6.45) is 0. The van der Waals surface area contributed by atoms with Crippen molar-refractivity contribution in [1.82, 2.24) is 0 Å². The van der Waals surface area contributed by atoms with Crippen LogP contribution >= 0.6 is 11.3 Å². The first-order valence-corrected chi connectivity index (χ1v) is 6.86. The predicted molar refractivity (Wildman–Crippen MR) is 73.3 cm³/mol. The Morgan fingerprint density at radius 2 is 1.00 bits per heavy atom. The zero-order chi connectivity index (χ0) is 12.2. The van der Waals surface area contributed by atoms with Gasteiger partial charge in [0, 0.05) is 9.75 Å². The lowest BCUT2D eigenvalue weighted by Gasteiger charge is -2.02. The molecule has 0 aliphatic carbocycles. The smallest absolute Gasteiger partial charge is 0.0106 e. The first kappa shape index (κ1) is 14.7. The average Bonchev–Trinajstić information content (AvgIpc) is 2.47. The van der Waals surface area contributed by atoms with Gasteiger partial charge in [-0.2, -0.15) is 0 Å². The highest BCUT2D eigenvalue weighted by molar-refractivity contribution is 7.12. The van der Waals surface area contributed by atoms with Gasteiger partial charge >= 0.3 is 0 Å². The zero-order valence-electron chi connectivity index (χ0n) is 11.6. The molecule has 1 heteroatoms. The Hall–Kier alpha value is -0.300. The zero-order valence-corrected chi connectivity index (χ0v) is 12.4. The first-order chi connectivity index (χ1) is 6.95. The summed E-state index contributed by atoms with van der Waals surface area (Å²) >= 11 is 2.00. The molecule has 88 valence electrons. The maximum absolute atomic E-state index is 2.28. The molecule has 0 aliphatic rings. The van der Waals surface area contributed by atoms with Crippen molar-refractivity contribution in [3.63, 3.8) is 0 Å². The van der Waals surface area contributed by atoms with Crippen LogP contribution in [-0.2, 0) is 0 Å². The average molecular weight is 226 g/mol. The highest BCUT2D eigenvalue weighted by Gasteiger charge is 2.15. The van der Waals surface area contributed by atoms with E-state index in [0.29, 0.717) is 11.8 Å². The number of rotatable bonds is 2. The van der Waals surface area contributed by atoms with E-state index in [1.165, 1.54) is 11.1 Å². The quantitative estimate of drug-likeness (QED) is 0.612. The van der Waals surface area contributed by atoms with Gasteiger partial charge in [-0.1, -0.05) is 41.5 Å². The van der Waals surface area contributed by atoms with E-state index in [-0.39, 0.29) is 0 Å². The third kappa shape index (κ3) is 3.34. The van der Waals surface area contributed by atoms with Crippen molar-refractivity contribution < 1.29 is 0 Å². The van der Waals surface area contributed by atoms with Gasteiger partial charge in [-0.15, -0.1) is 11.3 Å². The largest absolute Gasteiger partial charge is 0.144 e. The predicted octanol–water partition coefficient (Wildman–Crippen LogP) is 5.64. The van der Waals surface area contributed by atoms with Crippen LogP contribution in [0.2, 0.25) is 0 Å². The monoisotopic (exact) mass is 226 g/mol. The highest BCUT2D eigenvalue weighted by atomic mass is 32.1. The molecule has 0 bridgehead atoms. The lowest BCUT2D eigenvalue weighted by molar-refractivity contribution is 0.874. The number of thiophene rings is 1. The Morgan fingerprint density at radius 3 is 1.13 bits per heavy atom. The van der Waals surface area contributed by atoms with Crippen LogP contribution in [0.4, 0.5) is 0 Å². The topological polar surface area (TPSA) is 0 Å². The van der Waals surface area contributed by atoms with Gasteiger partial charge in [-0.25, -0.2) is 0 Å². The molecule has 0 N–H and O–H groups in total. The van der Waals surface area contributed by atoms with Gasteiger partial charge in [0.15, 0.2) is 0 Å². The minimum Gasteiger partial charge on any atom is -0.144 e. The first-order valence-electron chi connectivity index (χ1n) is 6.04. The lowest BCUT2D eigenvalue weighted by Crippen LogP contribution is -1.86. The minimum absolute atomic E-state index is 0.677. The molecule has 1 aromatic rings. The summed E-state index contributed by atoms with van der Waals surface area (Å²) in [5, 5.41) is 0. The molecule has 0 radical (unpaired) electrons. The maximum atomic E-state index is 2.28. The Bertz CT molecular complexity index is 264. The van der Waals surface area contributed by atoms with Crippen molar-refractivity contribution in [2.75, 3.05) is 0 Å². The second-order valence-corrected chi connectivity index (χ2v) is 5.47. The van der Waals surface area contributed by atoms with E-state index in [1.807, 2.05) is 25.2 Å². The molecule has 15 heavy (non-hydrogen) atoms. The van der Waals surface area contributed by atoms with Gasteiger partial charge < -0.3 is 0 Å².